The Morgan fingerprint density at radius 3 is 2.24 bits per heavy atom. The minimum Gasteiger partial charge on any atom is -0.480 e. The number of hydrogen-bond donors (Lipinski definition) is 1. The number of nitrogens with one attached hydrogen (secondary N) is 1. The van der Waals surface area contributed by atoms with Crippen molar-refractivity contribution in [3.63, 3.8) is 0 Å². The summed E-state index contributed by atoms with van der Waals surface area (Å²) < 4.78 is 8.69. The second-order valence-corrected chi connectivity index (χ2v) is 9.31. The molecule has 0 amide bonds. The molecule has 0 saturated heterocycles. The van der Waals surface area contributed by atoms with Gasteiger partial charge in [-0.15, -0.1) is 5.10 Å². The van der Waals surface area contributed by atoms with Crippen molar-refractivity contribution < 1.29 is 4.74 Å². The molecule has 0 aliphatic carbocycles. The summed E-state index contributed by atoms with van der Waals surface area (Å²) in [5.74, 6) is 1.62. The van der Waals surface area contributed by atoms with Gasteiger partial charge >= 0.3 is 0 Å². The van der Waals surface area contributed by atoms with E-state index in [2.05, 4.69) is 73.8 Å². The van der Waals surface area contributed by atoms with Crippen molar-refractivity contribution in [3.8, 4) is 5.75 Å². The molecule has 3 heterocycles. The Morgan fingerprint density at radius 1 is 0.879 bits per heavy atom. The molecule has 6 heteroatoms. The first-order valence-corrected chi connectivity index (χ1v) is 12.3. The second-order valence-electron chi connectivity index (χ2n) is 8.54. The SMILES string of the molecule is CSc1nc2n(n1)[C@H](c1ccc(C)cc1)C1=C(N2)c2ccccc2O[C@H]1c1ccc(C)cc1. The molecule has 0 saturated carbocycles. The Kier molecular flexibility index (Phi) is 4.76. The minimum atomic E-state index is -0.246. The standard InChI is InChI=1S/C27H24N4OS/c1-16-8-12-18(13-9-16)24-22-23(28-26-29-27(33-3)30-31(24)26)20-6-4-5-7-21(20)32-25(22)19-14-10-17(2)11-15-19/h4-15,24-25H,1-3H3,(H,28,29,30)/t24-,25+/m1/s1. The van der Waals surface area contributed by atoms with E-state index in [0.29, 0.717) is 0 Å². The molecule has 2 atom stereocenters. The molecule has 0 fully saturated rings. The summed E-state index contributed by atoms with van der Waals surface area (Å²) in [7, 11) is 0. The summed E-state index contributed by atoms with van der Waals surface area (Å²) in [5.41, 5.74) is 7.98. The highest BCUT2D eigenvalue weighted by Gasteiger charge is 2.41. The Balaban J connectivity index is 1.62. The Morgan fingerprint density at radius 2 is 1.55 bits per heavy atom. The molecule has 0 spiro atoms. The summed E-state index contributed by atoms with van der Waals surface area (Å²) in [5, 5.41) is 9.21. The summed E-state index contributed by atoms with van der Waals surface area (Å²) in [6.45, 7) is 4.22. The van der Waals surface area contributed by atoms with Crippen LogP contribution in [0.15, 0.2) is 83.5 Å². The van der Waals surface area contributed by atoms with Crippen LogP contribution >= 0.6 is 11.8 Å². The van der Waals surface area contributed by atoms with E-state index in [1.54, 1.807) is 11.8 Å². The molecule has 3 aromatic carbocycles. The van der Waals surface area contributed by atoms with Gasteiger partial charge < -0.3 is 10.1 Å². The maximum atomic E-state index is 6.69. The molecule has 33 heavy (non-hydrogen) atoms. The highest BCUT2D eigenvalue weighted by molar-refractivity contribution is 7.98. The van der Waals surface area contributed by atoms with E-state index in [9.17, 15) is 0 Å². The van der Waals surface area contributed by atoms with Crippen molar-refractivity contribution in [2.75, 3.05) is 11.6 Å². The number of anilines is 1. The smallest absolute Gasteiger partial charge is 0.227 e. The van der Waals surface area contributed by atoms with E-state index in [0.717, 1.165) is 44.8 Å². The van der Waals surface area contributed by atoms with Crippen LogP contribution in [-0.2, 0) is 0 Å². The van der Waals surface area contributed by atoms with Crippen LogP contribution < -0.4 is 10.1 Å². The van der Waals surface area contributed by atoms with Crippen molar-refractivity contribution in [2.24, 2.45) is 0 Å². The van der Waals surface area contributed by atoms with Gasteiger partial charge in [0.05, 0.1) is 5.70 Å². The summed E-state index contributed by atoms with van der Waals surface area (Å²) >= 11 is 1.55. The van der Waals surface area contributed by atoms with E-state index >= 15 is 0 Å². The molecule has 5 nitrogen and oxygen atoms in total. The Hall–Kier alpha value is -3.51. The predicted molar refractivity (Wildman–Crippen MR) is 133 cm³/mol. The van der Waals surface area contributed by atoms with Gasteiger partial charge in [-0.25, -0.2) is 4.68 Å². The van der Waals surface area contributed by atoms with Gasteiger partial charge in [0.15, 0.2) is 0 Å². The van der Waals surface area contributed by atoms with Gasteiger partial charge in [0.2, 0.25) is 11.1 Å². The molecule has 1 aromatic heterocycles. The van der Waals surface area contributed by atoms with Crippen molar-refractivity contribution in [2.45, 2.75) is 31.1 Å². The number of ether oxygens (including phenoxy) is 1. The molecule has 4 aromatic rings. The third kappa shape index (κ3) is 3.33. The third-order valence-electron chi connectivity index (χ3n) is 6.32. The first-order chi connectivity index (χ1) is 16.1. The van der Waals surface area contributed by atoms with Gasteiger partial charge in [0.25, 0.3) is 0 Å². The lowest BCUT2D eigenvalue weighted by Crippen LogP contribution is -2.32. The van der Waals surface area contributed by atoms with Gasteiger partial charge in [-0.1, -0.05) is 83.6 Å². The predicted octanol–water partition coefficient (Wildman–Crippen LogP) is 6.18. The third-order valence-corrected chi connectivity index (χ3v) is 6.85. The monoisotopic (exact) mass is 452 g/mol. The first kappa shape index (κ1) is 20.1. The fourth-order valence-corrected chi connectivity index (χ4v) is 4.98. The van der Waals surface area contributed by atoms with Crippen LogP contribution in [0.25, 0.3) is 5.70 Å². The van der Waals surface area contributed by atoms with Gasteiger partial charge in [-0.2, -0.15) is 4.98 Å². The molecule has 0 unspecified atom stereocenters. The van der Waals surface area contributed by atoms with Crippen LogP contribution in [0.3, 0.4) is 0 Å². The van der Waals surface area contributed by atoms with Crippen LogP contribution in [0.2, 0.25) is 0 Å². The average Bonchev–Trinajstić information content (AvgIpc) is 3.26. The topological polar surface area (TPSA) is 52.0 Å². The van der Waals surface area contributed by atoms with Crippen molar-refractivity contribution >= 4 is 23.4 Å². The number of hydrogen-bond acceptors (Lipinski definition) is 5. The van der Waals surface area contributed by atoms with E-state index in [1.807, 2.05) is 29.1 Å². The molecule has 1 N–H and O–H groups in total. The fourth-order valence-electron chi connectivity index (χ4n) is 4.63. The number of aromatic nitrogens is 3. The summed E-state index contributed by atoms with van der Waals surface area (Å²) in [6, 6.07) is 25.4. The van der Waals surface area contributed by atoms with E-state index < -0.39 is 0 Å². The summed E-state index contributed by atoms with van der Waals surface area (Å²) in [4.78, 5) is 4.76. The normalized spacial score (nSPS) is 18.6. The Labute approximate surface area is 197 Å². The van der Waals surface area contributed by atoms with Gasteiger partial charge in [-0.3, -0.25) is 0 Å². The molecule has 2 aliphatic rings. The highest BCUT2D eigenvalue weighted by Crippen LogP contribution is 2.50. The van der Waals surface area contributed by atoms with Crippen molar-refractivity contribution in [1.82, 2.24) is 14.8 Å². The number of aryl methyl sites for hydroxylation is 2. The second kappa shape index (κ2) is 7.81. The molecular weight excluding hydrogens is 428 g/mol. The van der Waals surface area contributed by atoms with Crippen LogP contribution in [0.1, 0.15) is 40.0 Å². The fraction of sp³-hybridized carbons (Fsp3) is 0.185. The zero-order chi connectivity index (χ0) is 22.5. The molecule has 6 rings (SSSR count). The number of benzene rings is 3. The lowest BCUT2D eigenvalue weighted by molar-refractivity contribution is 0.223. The van der Waals surface area contributed by atoms with Crippen molar-refractivity contribution in [1.29, 1.82) is 0 Å². The van der Waals surface area contributed by atoms with Crippen molar-refractivity contribution in [3.05, 3.63) is 106 Å². The molecule has 0 radical (unpaired) electrons. The molecular formula is C27H24N4OS. The quantitative estimate of drug-likeness (QED) is 0.376. The molecule has 0 bridgehead atoms. The minimum absolute atomic E-state index is 0.134. The van der Waals surface area contributed by atoms with Crippen LogP contribution in [-0.4, -0.2) is 21.0 Å². The van der Waals surface area contributed by atoms with Gasteiger partial charge in [-0.05, 0) is 43.4 Å². The molecule has 164 valence electrons. The Bertz CT molecular complexity index is 1370. The highest BCUT2D eigenvalue weighted by atomic mass is 32.2. The van der Waals surface area contributed by atoms with E-state index in [1.165, 1.54) is 11.1 Å². The van der Waals surface area contributed by atoms with E-state index in [4.69, 9.17) is 14.8 Å². The van der Waals surface area contributed by atoms with Crippen LogP contribution in [0, 0.1) is 13.8 Å². The van der Waals surface area contributed by atoms with Gasteiger partial charge in [0, 0.05) is 11.1 Å². The largest absolute Gasteiger partial charge is 0.480 e. The number of rotatable bonds is 3. The number of nitrogens with zero attached hydrogens (tertiary/aromatic N) is 3. The first-order valence-electron chi connectivity index (χ1n) is 11.0. The summed E-state index contributed by atoms with van der Waals surface area (Å²) in [6.07, 6.45) is 1.76. The number of para-hydroxylation sites is 1. The van der Waals surface area contributed by atoms with Crippen LogP contribution in [0.4, 0.5) is 5.95 Å². The van der Waals surface area contributed by atoms with Gasteiger partial charge in [0.1, 0.15) is 17.9 Å². The zero-order valence-corrected chi connectivity index (χ0v) is 19.6. The number of thioether (sulfide) groups is 1. The molecule has 2 aliphatic heterocycles. The van der Waals surface area contributed by atoms with E-state index in [-0.39, 0.29) is 12.1 Å². The maximum Gasteiger partial charge on any atom is 0.227 e. The lowest BCUT2D eigenvalue weighted by atomic mass is 9.84. The average molecular weight is 453 g/mol. The zero-order valence-electron chi connectivity index (χ0n) is 18.7. The van der Waals surface area contributed by atoms with Crippen LogP contribution in [0.5, 0.6) is 5.75 Å². The maximum absolute atomic E-state index is 6.69. The number of fused-ring (bicyclic) bond motifs is 3. The lowest BCUT2D eigenvalue weighted by Gasteiger charge is -2.39.